The first-order valence-corrected chi connectivity index (χ1v) is 8.65. The summed E-state index contributed by atoms with van der Waals surface area (Å²) in [7, 11) is 0. The first kappa shape index (κ1) is 14.1. The number of aryl methyl sites for hydroxylation is 2. The SMILES string of the molecule is Cc1nc2c(s1)CC(C(=O)N1C(C)CCCC1C)CC2. The zero-order chi connectivity index (χ0) is 14.3. The van der Waals surface area contributed by atoms with Gasteiger partial charge in [0, 0.05) is 22.9 Å². The molecule has 1 amide bonds. The second kappa shape index (κ2) is 5.47. The van der Waals surface area contributed by atoms with Crippen LogP contribution in [0.25, 0.3) is 0 Å². The first-order chi connectivity index (χ1) is 9.56. The van der Waals surface area contributed by atoms with E-state index in [4.69, 9.17) is 0 Å². The molecule has 0 saturated carbocycles. The monoisotopic (exact) mass is 292 g/mol. The van der Waals surface area contributed by atoms with Crippen molar-refractivity contribution < 1.29 is 4.79 Å². The van der Waals surface area contributed by atoms with Gasteiger partial charge in [-0.15, -0.1) is 11.3 Å². The zero-order valence-electron chi connectivity index (χ0n) is 12.7. The lowest BCUT2D eigenvalue weighted by Gasteiger charge is -2.41. The third-order valence-corrected chi connectivity index (χ3v) is 5.88. The van der Waals surface area contributed by atoms with Crippen LogP contribution in [-0.4, -0.2) is 27.9 Å². The Morgan fingerprint density at radius 3 is 2.65 bits per heavy atom. The number of carbonyl (C=O) groups is 1. The molecule has 1 aliphatic carbocycles. The van der Waals surface area contributed by atoms with Crippen molar-refractivity contribution in [1.82, 2.24) is 9.88 Å². The Morgan fingerprint density at radius 2 is 1.95 bits per heavy atom. The average molecular weight is 292 g/mol. The number of piperidine rings is 1. The molecule has 0 N–H and O–H groups in total. The molecule has 1 aromatic rings. The van der Waals surface area contributed by atoms with Crippen LogP contribution in [0.4, 0.5) is 0 Å². The quantitative estimate of drug-likeness (QED) is 0.795. The van der Waals surface area contributed by atoms with E-state index in [1.807, 2.05) is 0 Å². The lowest BCUT2D eigenvalue weighted by atomic mass is 9.87. The molecule has 110 valence electrons. The maximum atomic E-state index is 12.9. The Kier molecular flexibility index (Phi) is 3.85. The van der Waals surface area contributed by atoms with Gasteiger partial charge in [0.1, 0.15) is 0 Å². The van der Waals surface area contributed by atoms with Crippen molar-refractivity contribution in [2.45, 2.75) is 71.4 Å². The molecule has 2 aliphatic rings. The second-order valence-corrected chi connectivity index (χ2v) is 7.70. The number of likely N-dealkylation sites (tertiary alicyclic amines) is 1. The molecular formula is C16H24N2OS. The van der Waals surface area contributed by atoms with Crippen molar-refractivity contribution in [3.05, 3.63) is 15.6 Å². The van der Waals surface area contributed by atoms with E-state index in [0.29, 0.717) is 18.0 Å². The van der Waals surface area contributed by atoms with Gasteiger partial charge in [0.25, 0.3) is 0 Å². The number of nitrogens with zero attached hydrogens (tertiary/aromatic N) is 2. The molecule has 1 aromatic heterocycles. The highest BCUT2D eigenvalue weighted by atomic mass is 32.1. The van der Waals surface area contributed by atoms with E-state index in [9.17, 15) is 4.79 Å². The third-order valence-electron chi connectivity index (χ3n) is 4.84. The van der Waals surface area contributed by atoms with Crippen molar-refractivity contribution >= 4 is 17.2 Å². The predicted octanol–water partition coefficient (Wildman–Crippen LogP) is 3.35. The molecule has 20 heavy (non-hydrogen) atoms. The molecule has 3 atom stereocenters. The summed E-state index contributed by atoms with van der Waals surface area (Å²) in [6, 6.07) is 0.826. The fourth-order valence-corrected chi connectivity index (χ4v) is 4.84. The number of hydrogen-bond donors (Lipinski definition) is 0. The van der Waals surface area contributed by atoms with Crippen LogP contribution in [0.5, 0.6) is 0 Å². The van der Waals surface area contributed by atoms with Crippen LogP contribution in [0, 0.1) is 12.8 Å². The molecule has 3 rings (SSSR count). The van der Waals surface area contributed by atoms with Crippen LogP contribution in [0.2, 0.25) is 0 Å². The molecule has 1 fully saturated rings. The summed E-state index contributed by atoms with van der Waals surface area (Å²) < 4.78 is 0. The zero-order valence-corrected chi connectivity index (χ0v) is 13.5. The van der Waals surface area contributed by atoms with Gasteiger partial charge in [-0.2, -0.15) is 0 Å². The summed E-state index contributed by atoms with van der Waals surface area (Å²) in [5.41, 5.74) is 1.25. The van der Waals surface area contributed by atoms with Gasteiger partial charge in [0.15, 0.2) is 0 Å². The van der Waals surface area contributed by atoms with Gasteiger partial charge in [-0.1, -0.05) is 0 Å². The average Bonchev–Trinajstić information content (AvgIpc) is 2.77. The lowest BCUT2D eigenvalue weighted by molar-refractivity contribution is -0.142. The molecular weight excluding hydrogens is 268 g/mol. The lowest BCUT2D eigenvalue weighted by Crippen LogP contribution is -2.50. The highest BCUT2D eigenvalue weighted by Gasteiger charge is 2.35. The number of amides is 1. The molecule has 3 nitrogen and oxygen atoms in total. The van der Waals surface area contributed by atoms with Crippen LogP contribution >= 0.6 is 11.3 Å². The molecule has 2 heterocycles. The molecule has 4 heteroatoms. The summed E-state index contributed by atoms with van der Waals surface area (Å²) in [6.45, 7) is 6.48. The highest BCUT2D eigenvalue weighted by Crippen LogP contribution is 2.33. The third kappa shape index (κ3) is 2.50. The van der Waals surface area contributed by atoms with Gasteiger partial charge in [-0.25, -0.2) is 4.98 Å². The summed E-state index contributed by atoms with van der Waals surface area (Å²) >= 11 is 1.78. The van der Waals surface area contributed by atoms with Gasteiger partial charge >= 0.3 is 0 Å². The summed E-state index contributed by atoms with van der Waals surface area (Å²) in [5.74, 6) is 0.576. The Bertz CT molecular complexity index is 501. The predicted molar refractivity (Wildman–Crippen MR) is 82.0 cm³/mol. The van der Waals surface area contributed by atoms with E-state index in [1.165, 1.54) is 17.0 Å². The summed E-state index contributed by atoms with van der Waals surface area (Å²) in [4.78, 5) is 21.0. The van der Waals surface area contributed by atoms with Crippen molar-refractivity contribution in [3.63, 3.8) is 0 Å². The van der Waals surface area contributed by atoms with E-state index in [0.717, 1.165) is 37.1 Å². The Hall–Kier alpha value is -0.900. The maximum absolute atomic E-state index is 12.9. The van der Waals surface area contributed by atoms with E-state index >= 15 is 0 Å². The van der Waals surface area contributed by atoms with Crippen molar-refractivity contribution in [2.24, 2.45) is 5.92 Å². The van der Waals surface area contributed by atoms with E-state index < -0.39 is 0 Å². The molecule has 1 aliphatic heterocycles. The largest absolute Gasteiger partial charge is 0.337 e. The van der Waals surface area contributed by atoms with E-state index in [1.54, 1.807) is 11.3 Å². The van der Waals surface area contributed by atoms with E-state index in [-0.39, 0.29) is 5.92 Å². The summed E-state index contributed by atoms with van der Waals surface area (Å²) in [6.07, 6.45) is 6.45. The van der Waals surface area contributed by atoms with Crippen LogP contribution in [0.15, 0.2) is 0 Å². The van der Waals surface area contributed by atoms with Gasteiger partial charge in [-0.05, 0) is 59.3 Å². The highest BCUT2D eigenvalue weighted by molar-refractivity contribution is 7.11. The molecule has 0 radical (unpaired) electrons. The van der Waals surface area contributed by atoms with Gasteiger partial charge in [0.2, 0.25) is 5.91 Å². The molecule has 0 aromatic carbocycles. The van der Waals surface area contributed by atoms with Crippen molar-refractivity contribution in [2.75, 3.05) is 0 Å². The number of rotatable bonds is 1. The van der Waals surface area contributed by atoms with E-state index in [2.05, 4.69) is 30.7 Å². The Labute approximate surface area is 125 Å². The first-order valence-electron chi connectivity index (χ1n) is 7.83. The molecule has 0 bridgehead atoms. The molecule has 0 spiro atoms. The van der Waals surface area contributed by atoms with Crippen LogP contribution < -0.4 is 0 Å². The minimum absolute atomic E-state index is 0.186. The van der Waals surface area contributed by atoms with Gasteiger partial charge in [0.05, 0.1) is 10.7 Å². The van der Waals surface area contributed by atoms with Gasteiger partial charge in [-0.3, -0.25) is 4.79 Å². The maximum Gasteiger partial charge on any atom is 0.226 e. The topological polar surface area (TPSA) is 33.2 Å². The van der Waals surface area contributed by atoms with Gasteiger partial charge < -0.3 is 4.90 Å². The number of carbonyl (C=O) groups excluding carboxylic acids is 1. The fourth-order valence-electron chi connectivity index (χ4n) is 3.78. The Morgan fingerprint density at radius 1 is 1.25 bits per heavy atom. The van der Waals surface area contributed by atoms with Crippen LogP contribution in [-0.2, 0) is 17.6 Å². The standard InChI is InChI=1S/C16H24N2OS/c1-10-5-4-6-11(2)18(10)16(19)13-7-8-14-15(9-13)20-12(3)17-14/h10-11,13H,4-9H2,1-3H3. The minimum Gasteiger partial charge on any atom is -0.337 e. The van der Waals surface area contributed by atoms with Crippen LogP contribution in [0.1, 0.15) is 55.1 Å². The Balaban J connectivity index is 1.75. The number of hydrogen-bond acceptors (Lipinski definition) is 3. The second-order valence-electron chi connectivity index (χ2n) is 6.42. The van der Waals surface area contributed by atoms with Crippen LogP contribution in [0.3, 0.4) is 0 Å². The number of thiazole rings is 1. The number of fused-ring (bicyclic) bond motifs is 1. The molecule has 3 unspecified atom stereocenters. The van der Waals surface area contributed by atoms with Crippen molar-refractivity contribution in [1.29, 1.82) is 0 Å². The minimum atomic E-state index is 0.186. The summed E-state index contributed by atoms with van der Waals surface area (Å²) in [5, 5.41) is 1.14. The normalized spacial score (nSPS) is 30.1. The van der Waals surface area contributed by atoms with Crippen molar-refractivity contribution in [3.8, 4) is 0 Å². The number of aromatic nitrogens is 1. The molecule has 1 saturated heterocycles. The smallest absolute Gasteiger partial charge is 0.226 e. The fraction of sp³-hybridized carbons (Fsp3) is 0.750.